The van der Waals surface area contributed by atoms with Crippen molar-refractivity contribution in [2.24, 2.45) is 5.92 Å². The van der Waals surface area contributed by atoms with Crippen molar-refractivity contribution in [3.8, 4) is 0 Å². The lowest BCUT2D eigenvalue weighted by molar-refractivity contribution is -0.124. The molecule has 32 heavy (non-hydrogen) atoms. The molecule has 3 aromatic carbocycles. The third kappa shape index (κ3) is 4.18. The molecule has 7 heteroatoms. The number of benzene rings is 3. The molecule has 1 unspecified atom stereocenters. The molecule has 0 bridgehead atoms. The molecule has 1 atom stereocenters. The fourth-order valence-electron chi connectivity index (χ4n) is 3.96. The third-order valence-electron chi connectivity index (χ3n) is 5.56. The average molecular weight is 506 g/mol. The van der Waals surface area contributed by atoms with E-state index >= 15 is 0 Å². The van der Waals surface area contributed by atoms with Gasteiger partial charge in [0.15, 0.2) is 5.13 Å². The van der Waals surface area contributed by atoms with E-state index in [0.29, 0.717) is 18.2 Å². The van der Waals surface area contributed by atoms with Crippen LogP contribution in [-0.4, -0.2) is 23.3 Å². The number of carbonyl (C=O) groups is 2. The second-order valence-corrected chi connectivity index (χ2v) is 9.68. The summed E-state index contributed by atoms with van der Waals surface area (Å²) < 4.78 is 1.98. The predicted octanol–water partition coefficient (Wildman–Crippen LogP) is 5.65. The van der Waals surface area contributed by atoms with E-state index in [4.69, 9.17) is 4.98 Å². The minimum absolute atomic E-state index is 0.0255. The molecule has 0 aliphatic carbocycles. The predicted molar refractivity (Wildman–Crippen MR) is 132 cm³/mol. The van der Waals surface area contributed by atoms with Crippen molar-refractivity contribution in [2.45, 2.75) is 13.0 Å². The number of hydrogen-bond acceptors (Lipinski definition) is 4. The first-order valence-electron chi connectivity index (χ1n) is 10.4. The Hall–Kier alpha value is -3.03. The van der Waals surface area contributed by atoms with Crippen LogP contribution in [0.25, 0.3) is 10.2 Å². The lowest BCUT2D eigenvalue weighted by Crippen LogP contribution is -2.37. The highest BCUT2D eigenvalue weighted by Crippen LogP contribution is 2.34. The monoisotopic (exact) mass is 505 g/mol. The van der Waals surface area contributed by atoms with Crippen molar-refractivity contribution in [3.05, 3.63) is 88.9 Å². The van der Waals surface area contributed by atoms with Gasteiger partial charge in [0.2, 0.25) is 11.8 Å². The summed E-state index contributed by atoms with van der Waals surface area (Å²) in [5.41, 5.74) is 2.70. The molecule has 1 aliphatic rings. The quantitative estimate of drug-likeness (QED) is 0.352. The summed E-state index contributed by atoms with van der Waals surface area (Å²) in [6.07, 6.45) is 0.204. The van der Waals surface area contributed by atoms with Crippen molar-refractivity contribution in [3.63, 3.8) is 0 Å². The van der Waals surface area contributed by atoms with Crippen molar-refractivity contribution in [1.82, 2.24) is 4.98 Å². The van der Waals surface area contributed by atoms with Crippen LogP contribution in [0.5, 0.6) is 0 Å². The molecule has 160 valence electrons. The average Bonchev–Trinajstić information content (AvgIpc) is 3.41. The highest BCUT2D eigenvalue weighted by atomic mass is 79.9. The number of para-hydroxylation sites is 1. The number of rotatable bonds is 5. The molecular weight excluding hydrogens is 486 g/mol. The second kappa shape index (κ2) is 8.84. The Kier molecular flexibility index (Phi) is 5.76. The third-order valence-corrected chi connectivity index (χ3v) is 7.10. The number of fused-ring (bicyclic) bond motifs is 1. The summed E-state index contributed by atoms with van der Waals surface area (Å²) in [6, 6.07) is 25.3. The largest absolute Gasteiger partial charge is 0.312 e. The zero-order valence-electron chi connectivity index (χ0n) is 17.1. The minimum Gasteiger partial charge on any atom is -0.312 e. The summed E-state index contributed by atoms with van der Waals surface area (Å²) >= 11 is 5.00. The fourth-order valence-corrected chi connectivity index (χ4v) is 5.48. The first-order valence-corrected chi connectivity index (χ1v) is 12.0. The van der Waals surface area contributed by atoms with E-state index in [1.165, 1.54) is 11.3 Å². The maximum absolute atomic E-state index is 13.7. The van der Waals surface area contributed by atoms with Crippen LogP contribution in [0, 0.1) is 5.92 Å². The van der Waals surface area contributed by atoms with Crippen LogP contribution < -0.4 is 9.80 Å². The molecule has 0 spiro atoms. The molecule has 1 aliphatic heterocycles. The van der Waals surface area contributed by atoms with Gasteiger partial charge in [-0.15, -0.1) is 0 Å². The van der Waals surface area contributed by atoms with Crippen LogP contribution >= 0.6 is 27.3 Å². The normalized spacial score (nSPS) is 16.0. The Labute approximate surface area is 198 Å². The van der Waals surface area contributed by atoms with Crippen LogP contribution in [0.3, 0.4) is 0 Å². The van der Waals surface area contributed by atoms with Crippen molar-refractivity contribution < 1.29 is 9.59 Å². The number of thiazole rings is 1. The number of nitrogens with zero attached hydrogens (tertiary/aromatic N) is 3. The summed E-state index contributed by atoms with van der Waals surface area (Å²) in [6.45, 7) is 0.792. The Balaban J connectivity index is 1.47. The highest BCUT2D eigenvalue weighted by Gasteiger charge is 2.38. The molecule has 5 nitrogen and oxygen atoms in total. The van der Waals surface area contributed by atoms with E-state index in [-0.39, 0.29) is 18.2 Å². The van der Waals surface area contributed by atoms with E-state index in [2.05, 4.69) is 15.9 Å². The van der Waals surface area contributed by atoms with Crippen LogP contribution in [0.4, 0.5) is 10.8 Å². The van der Waals surface area contributed by atoms with Crippen molar-refractivity contribution in [1.29, 1.82) is 0 Å². The van der Waals surface area contributed by atoms with Crippen molar-refractivity contribution >= 4 is 60.1 Å². The first-order chi connectivity index (χ1) is 15.6. The van der Waals surface area contributed by atoms with Crippen LogP contribution in [-0.2, 0) is 16.1 Å². The molecule has 5 rings (SSSR count). The van der Waals surface area contributed by atoms with Crippen LogP contribution in [0.1, 0.15) is 12.0 Å². The Bertz CT molecular complexity index is 1280. The summed E-state index contributed by atoms with van der Waals surface area (Å²) in [5, 5.41) is 0.651. The summed E-state index contributed by atoms with van der Waals surface area (Å²) in [4.78, 5) is 34.6. The summed E-state index contributed by atoms with van der Waals surface area (Å²) in [5.74, 6) is -0.508. The topological polar surface area (TPSA) is 53.5 Å². The molecule has 2 amide bonds. The standard InChI is InChI=1S/C25H20BrN3O2S/c26-19-11-12-21-22(14-19)32-25(27-21)29(15-17-7-3-1-4-8-17)24(31)18-13-23(30)28(16-18)20-9-5-2-6-10-20/h1-12,14,18H,13,15-16H2. The van der Waals surface area contributed by atoms with Gasteiger partial charge >= 0.3 is 0 Å². The van der Waals surface area contributed by atoms with Gasteiger partial charge in [0.25, 0.3) is 0 Å². The molecule has 0 N–H and O–H groups in total. The van der Waals surface area contributed by atoms with Gasteiger partial charge in [-0.05, 0) is 35.9 Å². The minimum atomic E-state index is -0.412. The van der Waals surface area contributed by atoms with E-state index < -0.39 is 5.92 Å². The SMILES string of the molecule is O=C1CC(C(=O)N(Cc2ccccc2)c2nc3ccc(Br)cc3s2)CN1c1ccccc1. The van der Waals surface area contributed by atoms with E-state index in [9.17, 15) is 9.59 Å². The van der Waals surface area contributed by atoms with Gasteiger partial charge in [-0.2, -0.15) is 0 Å². The number of amides is 2. The molecule has 0 saturated carbocycles. The van der Waals surface area contributed by atoms with Crippen LogP contribution in [0.15, 0.2) is 83.3 Å². The maximum atomic E-state index is 13.7. The van der Waals surface area contributed by atoms with Gasteiger partial charge in [0.05, 0.1) is 22.7 Å². The van der Waals surface area contributed by atoms with E-state index in [1.54, 1.807) is 9.80 Å². The maximum Gasteiger partial charge on any atom is 0.234 e. The Morgan fingerprint density at radius 3 is 2.53 bits per heavy atom. The second-order valence-electron chi connectivity index (χ2n) is 7.76. The molecular formula is C25H20BrN3O2S. The zero-order chi connectivity index (χ0) is 22.1. The number of aromatic nitrogens is 1. The molecule has 0 radical (unpaired) electrons. The molecule has 1 saturated heterocycles. The number of anilines is 2. The Morgan fingerprint density at radius 2 is 1.78 bits per heavy atom. The van der Waals surface area contributed by atoms with Gasteiger partial charge in [-0.25, -0.2) is 4.98 Å². The van der Waals surface area contributed by atoms with Gasteiger partial charge in [-0.3, -0.25) is 14.5 Å². The fraction of sp³-hybridized carbons (Fsp3) is 0.160. The summed E-state index contributed by atoms with van der Waals surface area (Å²) in [7, 11) is 0. The van der Waals surface area contributed by atoms with Gasteiger partial charge in [0, 0.05) is 23.1 Å². The highest BCUT2D eigenvalue weighted by molar-refractivity contribution is 9.10. The van der Waals surface area contributed by atoms with Crippen LogP contribution in [0.2, 0.25) is 0 Å². The van der Waals surface area contributed by atoms with E-state index in [0.717, 1.165) is 25.9 Å². The lowest BCUT2D eigenvalue weighted by atomic mass is 10.1. The van der Waals surface area contributed by atoms with E-state index in [1.807, 2.05) is 78.9 Å². The molecule has 2 heterocycles. The number of halogens is 1. The smallest absolute Gasteiger partial charge is 0.234 e. The van der Waals surface area contributed by atoms with Crippen molar-refractivity contribution in [2.75, 3.05) is 16.3 Å². The molecule has 4 aromatic rings. The van der Waals surface area contributed by atoms with Gasteiger partial charge in [0.1, 0.15) is 0 Å². The van der Waals surface area contributed by atoms with Gasteiger partial charge < -0.3 is 4.90 Å². The Morgan fingerprint density at radius 1 is 1.06 bits per heavy atom. The number of hydrogen-bond donors (Lipinski definition) is 0. The lowest BCUT2D eigenvalue weighted by Gasteiger charge is -2.23. The first kappa shape index (κ1) is 20.8. The zero-order valence-corrected chi connectivity index (χ0v) is 19.6. The number of carbonyl (C=O) groups excluding carboxylic acids is 2. The molecule has 1 fully saturated rings. The van der Waals surface area contributed by atoms with Gasteiger partial charge in [-0.1, -0.05) is 75.8 Å². The molecule has 1 aromatic heterocycles.